The summed E-state index contributed by atoms with van der Waals surface area (Å²) in [7, 11) is 0. The largest absolute Gasteiger partial charge is 0.388 e. The van der Waals surface area contributed by atoms with E-state index in [0.717, 1.165) is 19.3 Å². The highest BCUT2D eigenvalue weighted by Gasteiger charge is 2.35. The molecular formula is C9H16BrNO2. The van der Waals surface area contributed by atoms with Gasteiger partial charge >= 0.3 is 0 Å². The molecule has 1 aliphatic rings. The van der Waals surface area contributed by atoms with Gasteiger partial charge in [-0.2, -0.15) is 0 Å². The number of amides is 1. The molecule has 0 aromatic rings. The number of aliphatic hydroxyl groups is 1. The van der Waals surface area contributed by atoms with Gasteiger partial charge in [0.1, 0.15) is 0 Å². The third-order valence-corrected chi connectivity index (χ3v) is 2.76. The first kappa shape index (κ1) is 11.0. The Morgan fingerprint density at radius 2 is 2.15 bits per heavy atom. The van der Waals surface area contributed by atoms with E-state index in [4.69, 9.17) is 0 Å². The van der Waals surface area contributed by atoms with Crippen LogP contribution in [0.15, 0.2) is 0 Å². The summed E-state index contributed by atoms with van der Waals surface area (Å²) in [6.07, 6.45) is 2.66. The van der Waals surface area contributed by atoms with E-state index in [2.05, 4.69) is 21.2 Å². The standard InChI is InChI=1S/C9H16BrNO2/c1-8(2,10)7(12)11-6-9(13)4-3-5-9/h13H,3-6H2,1-2H3,(H,11,12). The van der Waals surface area contributed by atoms with Gasteiger partial charge < -0.3 is 10.4 Å². The van der Waals surface area contributed by atoms with Gasteiger partial charge in [-0.3, -0.25) is 4.79 Å². The van der Waals surface area contributed by atoms with Gasteiger partial charge in [0.2, 0.25) is 5.91 Å². The fraction of sp³-hybridized carbons (Fsp3) is 0.889. The van der Waals surface area contributed by atoms with E-state index < -0.39 is 9.93 Å². The summed E-state index contributed by atoms with van der Waals surface area (Å²) >= 11 is 3.26. The van der Waals surface area contributed by atoms with Gasteiger partial charge in [-0.25, -0.2) is 0 Å². The van der Waals surface area contributed by atoms with Gasteiger partial charge in [-0.05, 0) is 33.1 Å². The lowest BCUT2D eigenvalue weighted by molar-refractivity contribution is -0.124. The Hall–Kier alpha value is -0.0900. The molecule has 3 nitrogen and oxygen atoms in total. The molecule has 1 rings (SSSR count). The van der Waals surface area contributed by atoms with Crippen LogP contribution in [0.5, 0.6) is 0 Å². The van der Waals surface area contributed by atoms with E-state index in [1.165, 1.54) is 0 Å². The maximum absolute atomic E-state index is 11.4. The van der Waals surface area contributed by atoms with E-state index >= 15 is 0 Å². The third kappa shape index (κ3) is 2.95. The monoisotopic (exact) mass is 249 g/mol. The van der Waals surface area contributed by atoms with Crippen molar-refractivity contribution in [2.75, 3.05) is 6.54 Å². The Morgan fingerprint density at radius 1 is 1.62 bits per heavy atom. The van der Waals surface area contributed by atoms with Crippen molar-refractivity contribution < 1.29 is 9.90 Å². The van der Waals surface area contributed by atoms with Crippen molar-refractivity contribution in [2.24, 2.45) is 0 Å². The molecule has 0 aromatic heterocycles. The van der Waals surface area contributed by atoms with Crippen LogP contribution in [0.4, 0.5) is 0 Å². The normalized spacial score (nSPS) is 20.6. The van der Waals surface area contributed by atoms with Crippen molar-refractivity contribution in [3.8, 4) is 0 Å². The second-order valence-electron chi connectivity index (χ2n) is 4.23. The predicted octanol–water partition coefficient (Wildman–Crippen LogP) is 1.19. The molecule has 4 heteroatoms. The van der Waals surface area contributed by atoms with Gasteiger partial charge in [0, 0.05) is 6.54 Å². The number of hydrogen-bond acceptors (Lipinski definition) is 2. The second-order valence-corrected chi connectivity index (χ2v) is 6.22. The van der Waals surface area contributed by atoms with Gasteiger partial charge in [0.15, 0.2) is 0 Å². The molecule has 1 amide bonds. The molecular weight excluding hydrogens is 234 g/mol. The number of nitrogens with one attached hydrogen (secondary N) is 1. The minimum atomic E-state index is -0.631. The Bertz CT molecular complexity index is 206. The molecule has 2 N–H and O–H groups in total. The Kier molecular flexibility index (Phi) is 3.02. The van der Waals surface area contributed by atoms with Crippen LogP contribution >= 0.6 is 15.9 Å². The lowest BCUT2D eigenvalue weighted by Crippen LogP contribution is -2.50. The number of carbonyl (C=O) groups excluding carboxylic acids is 1. The molecule has 0 radical (unpaired) electrons. The Labute approximate surface area is 87.0 Å². The van der Waals surface area contributed by atoms with Crippen LogP contribution in [0.25, 0.3) is 0 Å². The molecule has 0 aromatic carbocycles. The minimum Gasteiger partial charge on any atom is -0.388 e. The summed E-state index contributed by atoms with van der Waals surface area (Å²) in [5.41, 5.74) is -0.631. The maximum Gasteiger partial charge on any atom is 0.236 e. The van der Waals surface area contributed by atoms with Crippen LogP contribution in [0.1, 0.15) is 33.1 Å². The number of alkyl halides is 1. The van der Waals surface area contributed by atoms with Crippen molar-refractivity contribution in [3.05, 3.63) is 0 Å². The molecule has 0 aliphatic heterocycles. The number of halogens is 1. The topological polar surface area (TPSA) is 49.3 Å². The van der Waals surface area contributed by atoms with Crippen LogP contribution in [0.3, 0.4) is 0 Å². The Balaban J connectivity index is 2.30. The zero-order chi connectivity index (χ0) is 10.1. The summed E-state index contributed by atoms with van der Waals surface area (Å²) in [6, 6.07) is 0. The second kappa shape index (κ2) is 3.58. The van der Waals surface area contributed by atoms with Gasteiger partial charge in [-0.15, -0.1) is 0 Å². The third-order valence-electron chi connectivity index (χ3n) is 2.40. The first-order chi connectivity index (χ1) is 5.83. The number of rotatable bonds is 3. The molecule has 1 saturated carbocycles. The SMILES string of the molecule is CC(C)(Br)C(=O)NCC1(O)CCC1. The Morgan fingerprint density at radius 3 is 2.46 bits per heavy atom. The quantitative estimate of drug-likeness (QED) is 0.739. The van der Waals surface area contributed by atoms with Crippen LogP contribution in [0, 0.1) is 0 Å². The molecule has 13 heavy (non-hydrogen) atoms. The van der Waals surface area contributed by atoms with E-state index in [9.17, 15) is 9.90 Å². The van der Waals surface area contributed by atoms with E-state index in [-0.39, 0.29) is 5.91 Å². The zero-order valence-corrected chi connectivity index (χ0v) is 9.65. The van der Waals surface area contributed by atoms with Crippen LogP contribution in [-0.2, 0) is 4.79 Å². The molecule has 1 fully saturated rings. The number of carbonyl (C=O) groups is 1. The van der Waals surface area contributed by atoms with E-state index in [1.54, 1.807) is 13.8 Å². The van der Waals surface area contributed by atoms with Gasteiger partial charge in [0.05, 0.1) is 9.93 Å². The van der Waals surface area contributed by atoms with Crippen molar-refractivity contribution >= 4 is 21.8 Å². The van der Waals surface area contributed by atoms with Crippen LogP contribution < -0.4 is 5.32 Å². The molecule has 0 unspecified atom stereocenters. The summed E-state index contributed by atoms with van der Waals surface area (Å²) in [4.78, 5) is 11.4. The average molecular weight is 250 g/mol. The average Bonchev–Trinajstić information content (AvgIpc) is 1.94. The lowest BCUT2D eigenvalue weighted by Gasteiger charge is -2.37. The number of hydrogen-bond donors (Lipinski definition) is 2. The van der Waals surface area contributed by atoms with Crippen molar-refractivity contribution in [3.63, 3.8) is 0 Å². The molecule has 0 saturated heterocycles. The highest BCUT2D eigenvalue weighted by molar-refractivity contribution is 9.10. The molecule has 0 bridgehead atoms. The molecule has 0 heterocycles. The summed E-state index contributed by atoms with van der Waals surface area (Å²) in [5.74, 6) is -0.0761. The zero-order valence-electron chi connectivity index (χ0n) is 8.06. The summed E-state index contributed by atoms with van der Waals surface area (Å²) in [6.45, 7) is 3.95. The van der Waals surface area contributed by atoms with Crippen molar-refractivity contribution in [2.45, 2.75) is 43.0 Å². The fourth-order valence-corrected chi connectivity index (χ4v) is 1.36. The highest BCUT2D eigenvalue weighted by atomic mass is 79.9. The lowest BCUT2D eigenvalue weighted by atomic mass is 9.80. The minimum absolute atomic E-state index is 0.0761. The van der Waals surface area contributed by atoms with Crippen LogP contribution in [-0.4, -0.2) is 27.5 Å². The summed E-state index contributed by atoms with van der Waals surface area (Å²) < 4.78 is -0.549. The maximum atomic E-state index is 11.4. The summed E-state index contributed by atoms with van der Waals surface area (Å²) in [5, 5.41) is 12.4. The van der Waals surface area contributed by atoms with Crippen LogP contribution in [0.2, 0.25) is 0 Å². The van der Waals surface area contributed by atoms with E-state index in [0.29, 0.717) is 6.54 Å². The predicted molar refractivity (Wildman–Crippen MR) is 54.8 cm³/mol. The highest BCUT2D eigenvalue weighted by Crippen LogP contribution is 2.30. The first-order valence-corrected chi connectivity index (χ1v) is 5.32. The molecule has 0 atom stereocenters. The van der Waals surface area contributed by atoms with Crippen molar-refractivity contribution in [1.29, 1.82) is 0 Å². The van der Waals surface area contributed by atoms with Crippen molar-refractivity contribution in [1.82, 2.24) is 5.32 Å². The van der Waals surface area contributed by atoms with Gasteiger partial charge in [-0.1, -0.05) is 15.9 Å². The smallest absolute Gasteiger partial charge is 0.236 e. The first-order valence-electron chi connectivity index (χ1n) is 4.53. The van der Waals surface area contributed by atoms with E-state index in [1.807, 2.05) is 0 Å². The molecule has 76 valence electrons. The fourth-order valence-electron chi connectivity index (χ4n) is 1.22. The van der Waals surface area contributed by atoms with Gasteiger partial charge in [0.25, 0.3) is 0 Å². The molecule has 1 aliphatic carbocycles. The molecule has 0 spiro atoms.